The SMILES string of the molecule is CCC(N)(CC)COCc1ccsc1. The summed E-state index contributed by atoms with van der Waals surface area (Å²) in [6.45, 7) is 5.55. The van der Waals surface area contributed by atoms with Gasteiger partial charge >= 0.3 is 0 Å². The third kappa shape index (κ3) is 3.40. The van der Waals surface area contributed by atoms with Crippen molar-refractivity contribution in [2.75, 3.05) is 6.61 Å². The van der Waals surface area contributed by atoms with E-state index in [0.717, 1.165) is 12.8 Å². The number of thiophene rings is 1. The van der Waals surface area contributed by atoms with Crippen molar-refractivity contribution in [2.45, 2.75) is 38.8 Å². The molecule has 0 bridgehead atoms. The fraction of sp³-hybridized carbons (Fsp3) is 0.636. The van der Waals surface area contributed by atoms with E-state index in [0.29, 0.717) is 13.2 Å². The van der Waals surface area contributed by atoms with Crippen LogP contribution in [0, 0.1) is 0 Å². The van der Waals surface area contributed by atoms with Crippen LogP contribution < -0.4 is 5.73 Å². The molecule has 2 N–H and O–H groups in total. The molecule has 0 saturated carbocycles. The molecule has 0 fully saturated rings. The zero-order chi connectivity index (χ0) is 10.4. The van der Waals surface area contributed by atoms with Crippen molar-refractivity contribution < 1.29 is 4.74 Å². The van der Waals surface area contributed by atoms with Crippen LogP contribution in [-0.4, -0.2) is 12.1 Å². The second-order valence-corrected chi connectivity index (χ2v) is 4.47. The lowest BCUT2D eigenvalue weighted by atomic mass is 9.96. The van der Waals surface area contributed by atoms with E-state index in [1.54, 1.807) is 11.3 Å². The van der Waals surface area contributed by atoms with E-state index in [4.69, 9.17) is 10.5 Å². The Labute approximate surface area is 90.1 Å². The van der Waals surface area contributed by atoms with Gasteiger partial charge in [0.2, 0.25) is 0 Å². The molecular formula is C11H19NOS. The largest absolute Gasteiger partial charge is 0.375 e. The second kappa shape index (κ2) is 5.49. The van der Waals surface area contributed by atoms with Gasteiger partial charge in [-0.05, 0) is 35.2 Å². The predicted molar refractivity (Wildman–Crippen MR) is 61.5 cm³/mol. The van der Waals surface area contributed by atoms with Crippen LogP contribution in [-0.2, 0) is 11.3 Å². The van der Waals surface area contributed by atoms with Crippen LogP contribution in [0.5, 0.6) is 0 Å². The summed E-state index contributed by atoms with van der Waals surface area (Å²) in [6.07, 6.45) is 1.93. The molecule has 3 heteroatoms. The van der Waals surface area contributed by atoms with Gasteiger partial charge in [0.05, 0.1) is 13.2 Å². The van der Waals surface area contributed by atoms with Crippen molar-refractivity contribution in [1.29, 1.82) is 0 Å². The van der Waals surface area contributed by atoms with E-state index in [-0.39, 0.29) is 5.54 Å². The highest BCUT2D eigenvalue weighted by Gasteiger charge is 2.19. The van der Waals surface area contributed by atoms with E-state index < -0.39 is 0 Å². The molecule has 1 aromatic rings. The van der Waals surface area contributed by atoms with E-state index in [9.17, 15) is 0 Å². The smallest absolute Gasteiger partial charge is 0.0725 e. The third-order valence-electron chi connectivity index (χ3n) is 2.65. The molecule has 0 unspecified atom stereocenters. The van der Waals surface area contributed by atoms with Crippen LogP contribution >= 0.6 is 11.3 Å². The first-order valence-corrected chi connectivity index (χ1v) is 6.02. The van der Waals surface area contributed by atoms with Gasteiger partial charge < -0.3 is 10.5 Å². The summed E-state index contributed by atoms with van der Waals surface area (Å²) in [5, 5.41) is 4.17. The van der Waals surface area contributed by atoms with Gasteiger partial charge in [0.25, 0.3) is 0 Å². The summed E-state index contributed by atoms with van der Waals surface area (Å²) >= 11 is 1.70. The molecule has 0 aliphatic heterocycles. The third-order valence-corrected chi connectivity index (χ3v) is 3.38. The first kappa shape index (κ1) is 11.7. The molecule has 14 heavy (non-hydrogen) atoms. The Kier molecular flexibility index (Phi) is 4.58. The molecule has 0 atom stereocenters. The van der Waals surface area contributed by atoms with Gasteiger partial charge in [-0.15, -0.1) is 0 Å². The first-order chi connectivity index (χ1) is 6.70. The minimum Gasteiger partial charge on any atom is -0.375 e. The fourth-order valence-electron chi connectivity index (χ4n) is 1.20. The minimum atomic E-state index is -0.143. The molecular weight excluding hydrogens is 194 g/mol. The zero-order valence-corrected chi connectivity index (χ0v) is 9.77. The van der Waals surface area contributed by atoms with E-state index in [1.807, 2.05) is 0 Å². The number of rotatable bonds is 6. The quantitative estimate of drug-likeness (QED) is 0.788. The highest BCUT2D eigenvalue weighted by Crippen LogP contribution is 2.13. The minimum absolute atomic E-state index is 0.143. The van der Waals surface area contributed by atoms with Crippen molar-refractivity contribution in [2.24, 2.45) is 5.73 Å². The van der Waals surface area contributed by atoms with E-state index >= 15 is 0 Å². The van der Waals surface area contributed by atoms with Crippen LogP contribution in [0.4, 0.5) is 0 Å². The van der Waals surface area contributed by atoms with Crippen molar-refractivity contribution in [3.05, 3.63) is 22.4 Å². The van der Waals surface area contributed by atoms with Gasteiger partial charge in [0, 0.05) is 5.54 Å². The second-order valence-electron chi connectivity index (χ2n) is 3.69. The van der Waals surface area contributed by atoms with E-state index in [2.05, 4.69) is 30.7 Å². The van der Waals surface area contributed by atoms with Crippen molar-refractivity contribution >= 4 is 11.3 Å². The van der Waals surface area contributed by atoms with Gasteiger partial charge in [0.1, 0.15) is 0 Å². The van der Waals surface area contributed by atoms with Gasteiger partial charge in [-0.1, -0.05) is 13.8 Å². The molecule has 0 amide bonds. The van der Waals surface area contributed by atoms with Crippen LogP contribution in [0.3, 0.4) is 0 Å². The molecule has 0 aliphatic rings. The van der Waals surface area contributed by atoms with Gasteiger partial charge in [-0.25, -0.2) is 0 Å². The molecule has 1 aromatic heterocycles. The van der Waals surface area contributed by atoms with Crippen LogP contribution in [0.1, 0.15) is 32.3 Å². The number of ether oxygens (including phenoxy) is 1. The van der Waals surface area contributed by atoms with Crippen LogP contribution in [0.25, 0.3) is 0 Å². The Balaban J connectivity index is 2.27. The fourth-order valence-corrected chi connectivity index (χ4v) is 1.85. The van der Waals surface area contributed by atoms with Gasteiger partial charge in [-0.2, -0.15) is 11.3 Å². The maximum absolute atomic E-state index is 6.11. The predicted octanol–water partition coefficient (Wildman–Crippen LogP) is 2.78. The molecule has 2 nitrogen and oxygen atoms in total. The Bertz CT molecular complexity index is 242. The number of nitrogens with two attached hydrogens (primary N) is 1. The van der Waals surface area contributed by atoms with Crippen LogP contribution in [0.2, 0.25) is 0 Å². The highest BCUT2D eigenvalue weighted by atomic mass is 32.1. The van der Waals surface area contributed by atoms with Gasteiger partial charge in [0.15, 0.2) is 0 Å². The molecule has 0 aromatic carbocycles. The average Bonchev–Trinajstić information content (AvgIpc) is 2.70. The van der Waals surface area contributed by atoms with Crippen molar-refractivity contribution in [3.63, 3.8) is 0 Å². The Morgan fingerprint density at radius 1 is 1.43 bits per heavy atom. The normalized spacial score (nSPS) is 11.9. The summed E-state index contributed by atoms with van der Waals surface area (Å²) in [5.41, 5.74) is 7.21. The number of hydrogen-bond donors (Lipinski definition) is 1. The average molecular weight is 213 g/mol. The van der Waals surface area contributed by atoms with Crippen molar-refractivity contribution in [3.8, 4) is 0 Å². The zero-order valence-electron chi connectivity index (χ0n) is 8.95. The molecule has 1 rings (SSSR count). The monoisotopic (exact) mass is 213 g/mol. The van der Waals surface area contributed by atoms with Gasteiger partial charge in [-0.3, -0.25) is 0 Å². The Morgan fingerprint density at radius 3 is 2.64 bits per heavy atom. The molecule has 1 heterocycles. The molecule has 80 valence electrons. The molecule has 0 radical (unpaired) electrons. The summed E-state index contributed by atoms with van der Waals surface area (Å²) in [7, 11) is 0. The molecule has 0 aliphatic carbocycles. The Morgan fingerprint density at radius 2 is 2.14 bits per heavy atom. The standard InChI is InChI=1S/C11H19NOS/c1-3-11(12,4-2)9-13-7-10-5-6-14-8-10/h5-6,8H,3-4,7,9,12H2,1-2H3. The maximum atomic E-state index is 6.11. The summed E-state index contributed by atoms with van der Waals surface area (Å²) in [5.74, 6) is 0. The summed E-state index contributed by atoms with van der Waals surface area (Å²) in [4.78, 5) is 0. The Hall–Kier alpha value is -0.380. The maximum Gasteiger partial charge on any atom is 0.0725 e. The summed E-state index contributed by atoms with van der Waals surface area (Å²) in [6, 6.07) is 2.08. The molecule has 0 saturated heterocycles. The number of hydrogen-bond acceptors (Lipinski definition) is 3. The summed E-state index contributed by atoms with van der Waals surface area (Å²) < 4.78 is 5.61. The first-order valence-electron chi connectivity index (χ1n) is 5.08. The lowest BCUT2D eigenvalue weighted by molar-refractivity contribution is 0.0698. The lowest BCUT2D eigenvalue weighted by Gasteiger charge is -2.26. The lowest BCUT2D eigenvalue weighted by Crippen LogP contribution is -2.43. The topological polar surface area (TPSA) is 35.2 Å². The molecule has 0 spiro atoms. The van der Waals surface area contributed by atoms with Crippen LogP contribution in [0.15, 0.2) is 16.8 Å². The van der Waals surface area contributed by atoms with Crippen molar-refractivity contribution in [1.82, 2.24) is 0 Å². The van der Waals surface area contributed by atoms with E-state index in [1.165, 1.54) is 5.56 Å². The highest BCUT2D eigenvalue weighted by molar-refractivity contribution is 7.07.